The normalized spacial score (nSPS) is 16.4. The van der Waals surface area contributed by atoms with Crippen molar-refractivity contribution in [1.82, 2.24) is 0 Å². The summed E-state index contributed by atoms with van der Waals surface area (Å²) in [5, 5.41) is 0. The highest BCUT2D eigenvalue weighted by atomic mass is 19.4. The molecule has 0 aromatic heterocycles. The average molecular weight is 1500 g/mol. The van der Waals surface area contributed by atoms with E-state index in [1.807, 2.05) is 69.2 Å². The van der Waals surface area contributed by atoms with Crippen LogP contribution < -0.4 is 0 Å². The second-order valence-corrected chi connectivity index (χ2v) is 38.6. The molecule has 0 amide bonds. The second kappa shape index (κ2) is 41.2. The molecule has 0 saturated carbocycles. The van der Waals surface area contributed by atoms with Crippen molar-refractivity contribution in [3.63, 3.8) is 0 Å². The van der Waals surface area contributed by atoms with Gasteiger partial charge in [0.15, 0.2) is 0 Å². The molecule has 0 nitrogen and oxygen atoms in total. The third-order valence-electron chi connectivity index (χ3n) is 25.3. The van der Waals surface area contributed by atoms with Gasteiger partial charge in [-0.25, -0.2) is 0 Å². The second-order valence-electron chi connectivity index (χ2n) is 38.6. The molecule has 3 unspecified atom stereocenters. The van der Waals surface area contributed by atoms with Crippen LogP contribution in [-0.2, 0) is 0 Å². The molecular weight excluding hydrogens is 1350 g/mol. The number of halogens is 21. The average Bonchev–Trinajstić information content (AvgIpc) is 0.784. The summed E-state index contributed by atoms with van der Waals surface area (Å²) in [7, 11) is 0. The van der Waals surface area contributed by atoms with Crippen molar-refractivity contribution in [2.24, 2.45) is 142 Å². The van der Waals surface area contributed by atoms with Crippen LogP contribution in [0.25, 0.3) is 0 Å². The van der Waals surface area contributed by atoms with E-state index >= 15 is 0 Å². The molecule has 100 heavy (non-hydrogen) atoms. The number of hydrogen-bond acceptors (Lipinski definition) is 0. The molecular formula is C79H155F21. The molecule has 0 aliphatic carbocycles. The van der Waals surface area contributed by atoms with Crippen LogP contribution in [0.15, 0.2) is 0 Å². The van der Waals surface area contributed by atoms with Crippen molar-refractivity contribution < 1.29 is 92.2 Å². The van der Waals surface area contributed by atoms with Gasteiger partial charge in [0.2, 0.25) is 0 Å². The van der Waals surface area contributed by atoms with Crippen molar-refractivity contribution in [1.29, 1.82) is 0 Å². The van der Waals surface area contributed by atoms with E-state index in [2.05, 4.69) is 90.0 Å². The van der Waals surface area contributed by atoms with E-state index in [0.717, 1.165) is 17.8 Å². The van der Waals surface area contributed by atoms with Gasteiger partial charge in [0.25, 0.3) is 0 Å². The summed E-state index contributed by atoms with van der Waals surface area (Å²) in [6, 6.07) is 0. The molecule has 0 aromatic rings. The number of rotatable bonds is 12. The molecule has 0 bridgehead atoms. The first-order valence-electron chi connectivity index (χ1n) is 35.7. The summed E-state index contributed by atoms with van der Waals surface area (Å²) in [4.78, 5) is 0. The van der Waals surface area contributed by atoms with Crippen molar-refractivity contribution >= 4 is 0 Å². The van der Waals surface area contributed by atoms with Crippen molar-refractivity contribution in [3.8, 4) is 0 Å². The van der Waals surface area contributed by atoms with Crippen LogP contribution in [0.2, 0.25) is 0 Å². The van der Waals surface area contributed by atoms with Gasteiger partial charge in [-0.2, -0.15) is 92.2 Å². The Morgan fingerprint density at radius 2 is 0.410 bits per heavy atom. The molecule has 0 fully saturated rings. The summed E-state index contributed by atoms with van der Waals surface area (Å²) in [6.07, 6.45) is -28.6. The van der Waals surface area contributed by atoms with E-state index in [-0.39, 0.29) is 47.3 Å². The Hall–Kier alpha value is -1.47. The Labute approximate surface area is 601 Å². The monoisotopic (exact) mass is 1500 g/mol. The van der Waals surface area contributed by atoms with Crippen LogP contribution in [0.4, 0.5) is 92.2 Å². The van der Waals surface area contributed by atoms with E-state index < -0.39 is 104 Å². The Morgan fingerprint density at radius 1 is 0.190 bits per heavy atom. The van der Waals surface area contributed by atoms with Gasteiger partial charge in [-0.3, -0.25) is 0 Å². The Kier molecular flexibility index (Phi) is 48.2. The van der Waals surface area contributed by atoms with E-state index in [0.29, 0.717) is 16.2 Å². The van der Waals surface area contributed by atoms with Gasteiger partial charge in [0.05, 0.1) is 39.4 Å². The largest absolute Gasteiger partial charge is 0.394 e. The molecule has 7 atom stereocenters. The lowest BCUT2D eigenvalue weighted by Gasteiger charge is -2.45. The minimum atomic E-state index is -4.14. The summed E-state index contributed by atoms with van der Waals surface area (Å²) < 4.78 is 259. The minimum absolute atomic E-state index is 0.00382. The van der Waals surface area contributed by atoms with Gasteiger partial charge in [-0.05, 0) is 103 Å². The van der Waals surface area contributed by atoms with Crippen LogP contribution in [0.3, 0.4) is 0 Å². The maximum absolute atomic E-state index is 12.7. The highest BCUT2D eigenvalue weighted by Gasteiger charge is 2.58. The number of hydrogen-bond donors (Lipinski definition) is 0. The van der Waals surface area contributed by atoms with E-state index in [1.54, 1.807) is 90.0 Å². The van der Waals surface area contributed by atoms with E-state index in [9.17, 15) is 92.2 Å². The Bertz CT molecular complexity index is 2000. The first-order valence-corrected chi connectivity index (χ1v) is 35.7. The van der Waals surface area contributed by atoms with Crippen LogP contribution in [0, 0.1) is 142 Å². The first kappa shape index (κ1) is 117. The Balaban J connectivity index is -0.000000133. The lowest BCUT2D eigenvalue weighted by atomic mass is 9.61. The van der Waals surface area contributed by atoms with Crippen molar-refractivity contribution in [2.45, 2.75) is 369 Å². The zero-order valence-corrected chi connectivity index (χ0v) is 72.0. The van der Waals surface area contributed by atoms with Gasteiger partial charge in [0, 0.05) is 0 Å². The van der Waals surface area contributed by atoms with Crippen LogP contribution in [-0.4, -0.2) is 43.2 Å². The molecule has 0 rings (SSSR count). The quantitative estimate of drug-likeness (QED) is 0.171. The van der Waals surface area contributed by atoms with Gasteiger partial charge in [0.1, 0.15) is 0 Å². The SMILES string of the molecule is CC(C)(C)C(C)(C)C(F)(F)F.CC(C)(C)C(C)(C)C(F)(F)F.CC(C)C(C)(C)C(C)(C)C.CC(C)C(C)(C)C(C)(C)C(F)(F)F.CC(C)C(C)(C)C(C)C(F)(F)F.CC(C)[C@@H](C)C(C)(C)C.CC(C)[C@@H](C)C(C)(C)C(F)(F)F.CC(C)[C@@H](C)C(C)C(F)(F)F.CC(C)[C@@H](C)C(C)C(F)(F)F. The molecule has 0 heterocycles. The molecule has 0 aromatic carbocycles. The zero-order chi connectivity index (χ0) is 85.1. The fourth-order valence-electron chi connectivity index (χ4n) is 7.57. The molecule has 0 saturated heterocycles. The smallest absolute Gasteiger partial charge is 0.171 e. The van der Waals surface area contributed by atoms with Crippen LogP contribution >= 0.6 is 0 Å². The molecule has 618 valence electrons. The summed E-state index contributed by atoms with van der Waals surface area (Å²) in [5.74, 6) is -1.91. The van der Waals surface area contributed by atoms with Gasteiger partial charge in [-0.1, -0.05) is 325 Å². The summed E-state index contributed by atoms with van der Waals surface area (Å²) in [6.45, 7) is 83.1. The van der Waals surface area contributed by atoms with Crippen molar-refractivity contribution in [2.75, 3.05) is 0 Å². The minimum Gasteiger partial charge on any atom is -0.171 e. The van der Waals surface area contributed by atoms with Crippen molar-refractivity contribution in [3.05, 3.63) is 0 Å². The molecule has 0 spiro atoms. The lowest BCUT2D eigenvalue weighted by Crippen LogP contribution is -2.47. The summed E-state index contributed by atoms with van der Waals surface area (Å²) >= 11 is 0. The fourth-order valence-corrected chi connectivity index (χ4v) is 7.57. The zero-order valence-electron chi connectivity index (χ0n) is 72.0. The van der Waals surface area contributed by atoms with Gasteiger partial charge in [-0.15, -0.1) is 0 Å². The first-order chi connectivity index (χ1) is 42.2. The maximum atomic E-state index is 12.7. The standard InChI is InChI=1S/C10H19F3.C10H22.2C9H17F3.C9H20.4C8H15F3/c1-7(2)8(3,4)9(5,6)10(11,12)13;1-8(2)10(6,7)9(3,4)5;1-6(2)8(4,5)7(3)9(10,11)12;1-6(2)7(3)8(4,5)9(10,11)12;1-7(2)8(3)9(4,5)6;2*1-6(2,3)7(4,5)8(9,10)11;2*1-5(2)6(3)7(4)8(9,10)11/h7H,1-6H3;8H,1-7H3;2*6-7H,1-5H3;7-8H,1-6H3;2*1-5H3;2*5-7H,1-4H3/t;;;7-;8-;;;2*6-,7?/m...11..11/s1. The van der Waals surface area contributed by atoms with Gasteiger partial charge >= 0.3 is 43.2 Å². The topological polar surface area (TPSA) is 0 Å². The molecule has 0 aliphatic rings. The predicted molar refractivity (Wildman–Crippen MR) is 385 cm³/mol. The fraction of sp³-hybridized carbons (Fsp3) is 1.00. The van der Waals surface area contributed by atoms with Crippen LogP contribution in [0.5, 0.6) is 0 Å². The van der Waals surface area contributed by atoms with Gasteiger partial charge < -0.3 is 0 Å². The highest BCUT2D eigenvalue weighted by Crippen LogP contribution is 2.55. The molecule has 0 N–H and O–H groups in total. The third-order valence-corrected chi connectivity index (χ3v) is 25.3. The highest BCUT2D eigenvalue weighted by molar-refractivity contribution is 4.94. The molecule has 0 aliphatic heterocycles. The molecule has 0 radical (unpaired) electrons. The predicted octanol–water partition coefficient (Wildman–Crippen LogP) is 33.2. The third kappa shape index (κ3) is 39.9. The lowest BCUT2D eigenvalue weighted by molar-refractivity contribution is -0.253. The Morgan fingerprint density at radius 3 is 0.450 bits per heavy atom. The summed E-state index contributed by atoms with van der Waals surface area (Å²) in [5.41, 5.74) is -8.06. The van der Waals surface area contributed by atoms with Crippen LogP contribution in [0.1, 0.15) is 325 Å². The van der Waals surface area contributed by atoms with E-state index in [1.165, 1.54) is 76.2 Å². The number of alkyl halides is 21. The molecule has 21 heteroatoms. The van der Waals surface area contributed by atoms with E-state index in [4.69, 9.17) is 0 Å². The maximum Gasteiger partial charge on any atom is 0.394 e.